The van der Waals surface area contributed by atoms with Gasteiger partial charge in [0.2, 0.25) is 0 Å². The third-order valence-electron chi connectivity index (χ3n) is 2.82. The predicted octanol–water partition coefficient (Wildman–Crippen LogP) is 3.32. The van der Waals surface area contributed by atoms with Crippen molar-refractivity contribution in [2.24, 2.45) is 0 Å². The molecule has 0 atom stereocenters. The zero-order valence-corrected chi connectivity index (χ0v) is 10.7. The van der Waals surface area contributed by atoms with Gasteiger partial charge in [0, 0.05) is 18.5 Å². The summed E-state index contributed by atoms with van der Waals surface area (Å²) in [5, 5.41) is 8.67. The summed E-state index contributed by atoms with van der Waals surface area (Å²) in [5.41, 5.74) is 4.20. The van der Waals surface area contributed by atoms with Crippen LogP contribution in [0.1, 0.15) is 12.5 Å². The van der Waals surface area contributed by atoms with E-state index < -0.39 is 5.97 Å². The van der Waals surface area contributed by atoms with Gasteiger partial charge in [0.25, 0.3) is 0 Å². The van der Waals surface area contributed by atoms with E-state index in [9.17, 15) is 4.79 Å². The Labute approximate surface area is 112 Å². The van der Waals surface area contributed by atoms with Crippen LogP contribution in [0, 0.1) is 0 Å². The fourth-order valence-electron chi connectivity index (χ4n) is 1.94. The van der Waals surface area contributed by atoms with Crippen molar-refractivity contribution in [2.75, 3.05) is 0 Å². The molecule has 0 aliphatic rings. The van der Waals surface area contributed by atoms with Gasteiger partial charge in [0.15, 0.2) is 0 Å². The lowest BCUT2D eigenvalue weighted by atomic mass is 10.0. The molecule has 0 spiro atoms. The molecule has 0 radical (unpaired) electrons. The zero-order valence-electron chi connectivity index (χ0n) is 10.7. The molecule has 3 heteroatoms. The van der Waals surface area contributed by atoms with Crippen LogP contribution in [0.2, 0.25) is 0 Å². The predicted molar refractivity (Wildman–Crippen MR) is 74.8 cm³/mol. The number of allylic oxidation sites excluding steroid dienone is 1. The maximum atomic E-state index is 10.6. The van der Waals surface area contributed by atoms with Gasteiger partial charge in [-0.3, -0.25) is 4.98 Å². The van der Waals surface area contributed by atoms with E-state index in [4.69, 9.17) is 5.11 Å². The Balaban J connectivity index is 2.13. The van der Waals surface area contributed by atoms with Crippen molar-refractivity contribution in [1.82, 2.24) is 4.98 Å². The minimum atomic E-state index is -0.897. The number of benzene rings is 1. The second-order valence-corrected chi connectivity index (χ2v) is 4.44. The van der Waals surface area contributed by atoms with E-state index in [0.717, 1.165) is 22.3 Å². The van der Waals surface area contributed by atoms with Gasteiger partial charge < -0.3 is 5.11 Å². The highest BCUT2D eigenvalue weighted by molar-refractivity contribution is 5.80. The third kappa shape index (κ3) is 3.78. The number of pyridine rings is 1. The Kier molecular flexibility index (Phi) is 4.08. The topological polar surface area (TPSA) is 50.2 Å². The lowest BCUT2D eigenvalue weighted by molar-refractivity contribution is -0.131. The van der Waals surface area contributed by atoms with Crippen molar-refractivity contribution in [1.29, 1.82) is 0 Å². The second-order valence-electron chi connectivity index (χ2n) is 4.44. The number of aromatic nitrogens is 1. The number of nitrogens with zero attached hydrogens (tertiary/aromatic N) is 1. The van der Waals surface area contributed by atoms with Gasteiger partial charge >= 0.3 is 5.97 Å². The molecule has 0 aliphatic heterocycles. The summed E-state index contributed by atoms with van der Waals surface area (Å²) >= 11 is 0. The molecule has 96 valence electrons. The number of aliphatic carboxylic acids is 1. The Morgan fingerprint density at radius 2 is 1.68 bits per heavy atom. The lowest BCUT2D eigenvalue weighted by Crippen LogP contribution is -1.93. The summed E-state index contributed by atoms with van der Waals surface area (Å²) in [5.74, 6) is -0.897. The van der Waals surface area contributed by atoms with Crippen LogP contribution in [-0.4, -0.2) is 16.1 Å². The first-order chi connectivity index (χ1) is 9.15. The number of rotatable bonds is 4. The number of carboxylic acids is 1. The Bertz CT molecular complexity index is 586. The van der Waals surface area contributed by atoms with Crippen molar-refractivity contribution >= 4 is 5.97 Å². The maximum Gasteiger partial charge on any atom is 0.328 e. The summed E-state index contributed by atoms with van der Waals surface area (Å²) < 4.78 is 0. The molecule has 1 aromatic heterocycles. The van der Waals surface area contributed by atoms with Gasteiger partial charge in [0.1, 0.15) is 0 Å². The lowest BCUT2D eigenvalue weighted by Gasteiger charge is -2.04. The van der Waals surface area contributed by atoms with Gasteiger partial charge in [-0.2, -0.15) is 0 Å². The van der Waals surface area contributed by atoms with Crippen molar-refractivity contribution in [3.8, 4) is 11.1 Å². The summed E-state index contributed by atoms with van der Waals surface area (Å²) in [4.78, 5) is 14.5. The number of hydrogen-bond donors (Lipinski definition) is 1. The van der Waals surface area contributed by atoms with Crippen LogP contribution in [0.25, 0.3) is 11.1 Å². The highest BCUT2D eigenvalue weighted by Crippen LogP contribution is 2.19. The molecule has 0 aliphatic carbocycles. The quantitative estimate of drug-likeness (QED) is 0.850. The fraction of sp³-hybridized carbons (Fsp3) is 0.125. The third-order valence-corrected chi connectivity index (χ3v) is 2.82. The fourth-order valence-corrected chi connectivity index (χ4v) is 1.94. The van der Waals surface area contributed by atoms with Crippen LogP contribution >= 0.6 is 0 Å². The molecule has 0 unspecified atom stereocenters. The molecule has 19 heavy (non-hydrogen) atoms. The van der Waals surface area contributed by atoms with Crippen LogP contribution in [-0.2, 0) is 11.2 Å². The molecule has 2 aromatic rings. The molecule has 2 rings (SSSR count). The Morgan fingerprint density at radius 3 is 2.26 bits per heavy atom. The summed E-state index contributed by atoms with van der Waals surface area (Å²) in [6.07, 6.45) is 5.44. The summed E-state index contributed by atoms with van der Waals surface area (Å²) in [6, 6.07) is 12.1. The molecular weight excluding hydrogens is 238 g/mol. The van der Waals surface area contributed by atoms with Crippen molar-refractivity contribution < 1.29 is 9.90 Å². The molecule has 0 saturated heterocycles. The molecule has 0 bridgehead atoms. The van der Waals surface area contributed by atoms with Gasteiger partial charge in [-0.05, 0) is 42.2 Å². The van der Waals surface area contributed by atoms with Crippen LogP contribution in [0.15, 0.2) is 60.4 Å². The Hall–Kier alpha value is -2.42. The zero-order chi connectivity index (χ0) is 13.7. The van der Waals surface area contributed by atoms with Crippen LogP contribution in [0.4, 0.5) is 0 Å². The molecule has 3 nitrogen and oxygen atoms in total. The smallest absolute Gasteiger partial charge is 0.328 e. The molecule has 0 fully saturated rings. The van der Waals surface area contributed by atoms with Crippen molar-refractivity contribution in [3.63, 3.8) is 0 Å². The largest absolute Gasteiger partial charge is 0.478 e. The van der Waals surface area contributed by atoms with Crippen molar-refractivity contribution in [2.45, 2.75) is 13.3 Å². The van der Waals surface area contributed by atoms with E-state index in [1.807, 2.05) is 43.3 Å². The van der Waals surface area contributed by atoms with Gasteiger partial charge in [-0.25, -0.2) is 4.79 Å². The van der Waals surface area contributed by atoms with Crippen molar-refractivity contribution in [3.05, 3.63) is 66.0 Å². The van der Waals surface area contributed by atoms with E-state index >= 15 is 0 Å². The first-order valence-electron chi connectivity index (χ1n) is 6.04. The number of hydrogen-bond acceptors (Lipinski definition) is 2. The minimum absolute atomic E-state index is 0.656. The van der Waals surface area contributed by atoms with E-state index in [-0.39, 0.29) is 0 Å². The van der Waals surface area contributed by atoms with Crippen LogP contribution < -0.4 is 0 Å². The Morgan fingerprint density at radius 1 is 1.11 bits per heavy atom. The molecule has 1 aromatic carbocycles. The SMILES string of the molecule is C/C(=C\C(=O)O)Cc1ccc(-c2ccncc2)cc1. The van der Waals surface area contributed by atoms with E-state index in [0.29, 0.717) is 6.42 Å². The van der Waals surface area contributed by atoms with Gasteiger partial charge in [0.05, 0.1) is 0 Å². The second kappa shape index (κ2) is 5.96. The van der Waals surface area contributed by atoms with Gasteiger partial charge in [-0.15, -0.1) is 0 Å². The molecule has 0 saturated carbocycles. The standard InChI is InChI=1S/C16H15NO2/c1-12(11-16(18)19)10-13-2-4-14(5-3-13)15-6-8-17-9-7-15/h2-9,11H,10H2,1H3,(H,18,19)/b12-11+. The average Bonchev–Trinajstić information content (AvgIpc) is 2.39. The van der Waals surface area contributed by atoms with E-state index in [1.54, 1.807) is 12.4 Å². The number of carbonyl (C=O) groups is 1. The van der Waals surface area contributed by atoms with E-state index in [1.165, 1.54) is 6.08 Å². The normalized spacial score (nSPS) is 11.3. The first-order valence-corrected chi connectivity index (χ1v) is 6.04. The summed E-state index contributed by atoms with van der Waals surface area (Å²) in [6.45, 7) is 1.82. The monoisotopic (exact) mass is 253 g/mol. The first kappa shape index (κ1) is 13.0. The van der Waals surface area contributed by atoms with Gasteiger partial charge in [-0.1, -0.05) is 29.8 Å². The molecular formula is C16H15NO2. The van der Waals surface area contributed by atoms with Crippen LogP contribution in [0.3, 0.4) is 0 Å². The van der Waals surface area contributed by atoms with E-state index in [2.05, 4.69) is 4.98 Å². The molecule has 1 heterocycles. The molecule has 1 N–H and O–H groups in total. The highest BCUT2D eigenvalue weighted by atomic mass is 16.4. The number of carboxylic acid groups (broad SMARTS) is 1. The molecule has 0 amide bonds. The minimum Gasteiger partial charge on any atom is -0.478 e. The summed E-state index contributed by atoms with van der Waals surface area (Å²) in [7, 11) is 0. The maximum absolute atomic E-state index is 10.6. The average molecular weight is 253 g/mol. The van der Waals surface area contributed by atoms with Crippen LogP contribution in [0.5, 0.6) is 0 Å². The highest BCUT2D eigenvalue weighted by Gasteiger charge is 2.00.